The number of rotatable bonds is 2. The Bertz CT molecular complexity index is 555. The summed E-state index contributed by atoms with van der Waals surface area (Å²) in [5, 5.41) is 0.291. The summed E-state index contributed by atoms with van der Waals surface area (Å²) in [5.74, 6) is -0.755. The van der Waals surface area contributed by atoms with E-state index in [4.69, 9.17) is 17.3 Å². The van der Waals surface area contributed by atoms with E-state index in [1.165, 1.54) is 18.2 Å². The van der Waals surface area contributed by atoms with Crippen LogP contribution in [0.15, 0.2) is 36.4 Å². The molecule has 0 heterocycles. The largest absolute Gasteiger partial charge is 0.326 e. The quantitative estimate of drug-likeness (QED) is 0.867. The minimum Gasteiger partial charge on any atom is -0.326 e. The van der Waals surface area contributed by atoms with Crippen LogP contribution in [0.4, 0.5) is 8.78 Å². The van der Waals surface area contributed by atoms with E-state index in [-0.39, 0.29) is 12.4 Å². The summed E-state index contributed by atoms with van der Waals surface area (Å²) in [6, 6.07) is 8.64. The van der Waals surface area contributed by atoms with Crippen LogP contribution in [0, 0.1) is 11.6 Å². The van der Waals surface area contributed by atoms with Gasteiger partial charge in [0.2, 0.25) is 0 Å². The molecular weight excluding hydrogens is 244 g/mol. The third kappa shape index (κ3) is 2.46. The molecule has 0 radical (unpaired) electrons. The van der Waals surface area contributed by atoms with Gasteiger partial charge in [0.05, 0.1) is 5.02 Å². The lowest BCUT2D eigenvalue weighted by molar-refractivity contribution is 0.611. The highest BCUT2D eigenvalue weighted by atomic mass is 35.5. The predicted octanol–water partition coefficient (Wildman–Crippen LogP) is 3.74. The van der Waals surface area contributed by atoms with Crippen LogP contribution in [0.5, 0.6) is 0 Å². The van der Waals surface area contributed by atoms with Gasteiger partial charge in [0.1, 0.15) is 11.6 Å². The van der Waals surface area contributed by atoms with Crippen molar-refractivity contribution in [3.63, 3.8) is 0 Å². The first-order chi connectivity index (χ1) is 8.11. The van der Waals surface area contributed by atoms with Crippen molar-refractivity contribution in [2.45, 2.75) is 6.54 Å². The van der Waals surface area contributed by atoms with Gasteiger partial charge in [0.15, 0.2) is 0 Å². The van der Waals surface area contributed by atoms with Crippen molar-refractivity contribution in [2.24, 2.45) is 5.73 Å². The highest BCUT2D eigenvalue weighted by Crippen LogP contribution is 2.29. The number of hydrogen-bond acceptors (Lipinski definition) is 1. The van der Waals surface area contributed by atoms with E-state index in [1.807, 2.05) is 0 Å². The Balaban J connectivity index is 2.53. The smallest absolute Gasteiger partial charge is 0.127 e. The Labute approximate surface area is 103 Å². The van der Waals surface area contributed by atoms with Crippen molar-refractivity contribution in [3.8, 4) is 11.1 Å². The molecule has 0 amide bonds. The third-order valence-corrected chi connectivity index (χ3v) is 2.82. The second-order valence-electron chi connectivity index (χ2n) is 3.63. The summed E-state index contributed by atoms with van der Waals surface area (Å²) >= 11 is 5.93. The molecule has 0 saturated heterocycles. The predicted molar refractivity (Wildman–Crippen MR) is 64.7 cm³/mol. The van der Waals surface area contributed by atoms with Crippen LogP contribution in [0.1, 0.15) is 5.56 Å². The standard InChI is InChI=1S/C13H10ClF2N/c14-12-6-10(15)2-3-11(12)8-1-4-13(16)9(5-8)7-17/h1-6H,7,17H2. The molecular formula is C13H10ClF2N. The zero-order valence-electron chi connectivity index (χ0n) is 8.88. The Morgan fingerprint density at radius 1 is 1.06 bits per heavy atom. The van der Waals surface area contributed by atoms with Crippen molar-refractivity contribution < 1.29 is 8.78 Å². The summed E-state index contributed by atoms with van der Waals surface area (Å²) < 4.78 is 26.2. The molecule has 2 aromatic rings. The van der Waals surface area contributed by atoms with Crippen molar-refractivity contribution >= 4 is 11.6 Å². The van der Waals surface area contributed by atoms with Crippen molar-refractivity contribution in [1.29, 1.82) is 0 Å². The van der Waals surface area contributed by atoms with E-state index >= 15 is 0 Å². The fourth-order valence-corrected chi connectivity index (χ4v) is 1.90. The summed E-state index contributed by atoms with van der Waals surface area (Å²) in [4.78, 5) is 0. The molecule has 4 heteroatoms. The molecule has 17 heavy (non-hydrogen) atoms. The number of hydrogen-bond donors (Lipinski definition) is 1. The van der Waals surface area contributed by atoms with Gasteiger partial charge in [0.25, 0.3) is 0 Å². The van der Waals surface area contributed by atoms with Gasteiger partial charge in [-0.15, -0.1) is 0 Å². The summed E-state index contributed by atoms with van der Waals surface area (Å²) in [5.41, 5.74) is 7.21. The second kappa shape index (κ2) is 4.82. The van der Waals surface area contributed by atoms with Crippen molar-refractivity contribution in [2.75, 3.05) is 0 Å². The lowest BCUT2D eigenvalue weighted by Crippen LogP contribution is -1.99. The second-order valence-corrected chi connectivity index (χ2v) is 4.04. The summed E-state index contributed by atoms with van der Waals surface area (Å²) in [6.07, 6.45) is 0. The fraction of sp³-hybridized carbons (Fsp3) is 0.0769. The van der Waals surface area contributed by atoms with Gasteiger partial charge in [-0.1, -0.05) is 17.7 Å². The van der Waals surface area contributed by atoms with Gasteiger partial charge < -0.3 is 5.73 Å². The van der Waals surface area contributed by atoms with Gasteiger partial charge in [-0.2, -0.15) is 0 Å². The lowest BCUT2D eigenvalue weighted by atomic mass is 10.0. The van der Waals surface area contributed by atoms with Gasteiger partial charge in [0, 0.05) is 17.7 Å². The van der Waals surface area contributed by atoms with Crippen LogP contribution in [0.25, 0.3) is 11.1 Å². The molecule has 0 aliphatic rings. The minimum atomic E-state index is -0.403. The average molecular weight is 254 g/mol. The van der Waals surface area contributed by atoms with E-state index < -0.39 is 5.82 Å². The fourth-order valence-electron chi connectivity index (χ4n) is 1.62. The molecule has 0 aliphatic carbocycles. The molecule has 0 spiro atoms. The molecule has 2 aromatic carbocycles. The van der Waals surface area contributed by atoms with Gasteiger partial charge in [-0.25, -0.2) is 8.78 Å². The third-order valence-electron chi connectivity index (χ3n) is 2.51. The molecule has 0 unspecified atom stereocenters. The van der Waals surface area contributed by atoms with Crippen LogP contribution in [-0.4, -0.2) is 0 Å². The maximum atomic E-state index is 13.3. The summed E-state index contributed by atoms with van der Waals surface area (Å²) in [7, 11) is 0. The highest BCUT2D eigenvalue weighted by Gasteiger charge is 2.07. The van der Waals surface area contributed by atoms with E-state index in [0.717, 1.165) is 5.56 Å². The van der Waals surface area contributed by atoms with E-state index in [9.17, 15) is 8.78 Å². The van der Waals surface area contributed by atoms with E-state index in [1.54, 1.807) is 18.2 Å². The van der Waals surface area contributed by atoms with Crippen LogP contribution in [-0.2, 0) is 6.54 Å². The van der Waals surface area contributed by atoms with Gasteiger partial charge >= 0.3 is 0 Å². The first kappa shape index (κ1) is 12.0. The monoisotopic (exact) mass is 253 g/mol. The zero-order chi connectivity index (χ0) is 12.4. The molecule has 0 aliphatic heterocycles. The van der Waals surface area contributed by atoms with Gasteiger partial charge in [-0.3, -0.25) is 0 Å². The van der Waals surface area contributed by atoms with Crippen LogP contribution >= 0.6 is 11.6 Å². The van der Waals surface area contributed by atoms with Crippen molar-refractivity contribution in [3.05, 3.63) is 58.6 Å². The molecule has 2 rings (SSSR count). The van der Waals surface area contributed by atoms with Crippen LogP contribution < -0.4 is 5.73 Å². The Morgan fingerprint density at radius 3 is 2.47 bits per heavy atom. The Hall–Kier alpha value is -1.45. The first-order valence-corrected chi connectivity index (χ1v) is 5.43. The average Bonchev–Trinajstić information content (AvgIpc) is 2.30. The van der Waals surface area contributed by atoms with E-state index in [0.29, 0.717) is 16.1 Å². The molecule has 88 valence electrons. The normalized spacial score (nSPS) is 10.6. The minimum absolute atomic E-state index is 0.110. The molecule has 1 nitrogen and oxygen atoms in total. The molecule has 0 bridgehead atoms. The molecule has 0 atom stereocenters. The maximum Gasteiger partial charge on any atom is 0.127 e. The zero-order valence-corrected chi connectivity index (χ0v) is 9.64. The Kier molecular flexibility index (Phi) is 3.41. The maximum absolute atomic E-state index is 13.3. The van der Waals surface area contributed by atoms with Crippen LogP contribution in [0.3, 0.4) is 0 Å². The molecule has 0 aromatic heterocycles. The van der Waals surface area contributed by atoms with Crippen molar-refractivity contribution in [1.82, 2.24) is 0 Å². The number of nitrogens with two attached hydrogens (primary N) is 1. The lowest BCUT2D eigenvalue weighted by Gasteiger charge is -2.07. The Morgan fingerprint density at radius 2 is 1.82 bits per heavy atom. The van der Waals surface area contributed by atoms with Gasteiger partial charge in [-0.05, 0) is 35.9 Å². The van der Waals surface area contributed by atoms with Crippen LogP contribution in [0.2, 0.25) is 5.02 Å². The number of halogens is 3. The molecule has 0 saturated carbocycles. The SMILES string of the molecule is NCc1cc(-c2ccc(F)cc2Cl)ccc1F. The number of benzene rings is 2. The first-order valence-electron chi connectivity index (χ1n) is 5.05. The molecule has 0 fully saturated rings. The topological polar surface area (TPSA) is 26.0 Å². The molecule has 2 N–H and O–H groups in total. The highest BCUT2D eigenvalue weighted by molar-refractivity contribution is 6.33. The van der Waals surface area contributed by atoms with E-state index in [2.05, 4.69) is 0 Å². The summed E-state index contributed by atoms with van der Waals surface area (Å²) in [6.45, 7) is 0.110.